The molecule has 0 bridgehead atoms. The maximum Gasteiger partial charge on any atom is 0.264 e. The Morgan fingerprint density at radius 2 is 1.63 bits per heavy atom. The van der Waals surface area contributed by atoms with Gasteiger partial charge in [0.15, 0.2) is 0 Å². The second kappa shape index (κ2) is 14.7. The monoisotopic (exact) mass is 627 g/mol. The van der Waals surface area contributed by atoms with Gasteiger partial charge in [0, 0.05) is 17.5 Å². The Morgan fingerprint density at radius 3 is 2.21 bits per heavy atom. The van der Waals surface area contributed by atoms with Crippen LogP contribution in [-0.4, -0.2) is 56.6 Å². The fourth-order valence-corrected chi connectivity index (χ4v) is 6.86. The first-order valence-electron chi connectivity index (χ1n) is 14.4. The fourth-order valence-electron chi connectivity index (χ4n) is 5.04. The van der Waals surface area contributed by atoms with Crippen LogP contribution in [0.15, 0.2) is 82.6 Å². The quantitative estimate of drug-likeness (QED) is 0.247. The summed E-state index contributed by atoms with van der Waals surface area (Å²) in [6.45, 7) is 3.37. The lowest BCUT2D eigenvalue weighted by Gasteiger charge is -2.32. The van der Waals surface area contributed by atoms with E-state index in [9.17, 15) is 22.4 Å². The lowest BCUT2D eigenvalue weighted by molar-refractivity contribution is -0.139. The molecule has 2 amide bonds. The first kappa shape index (κ1) is 32.3. The predicted octanol–water partition coefficient (Wildman–Crippen LogP) is 5.62. The summed E-state index contributed by atoms with van der Waals surface area (Å²) < 4.78 is 48.3. The Balaban J connectivity index is 1.68. The number of amides is 2. The average molecular weight is 628 g/mol. The van der Waals surface area contributed by atoms with Crippen molar-refractivity contribution < 1.29 is 27.1 Å². The van der Waals surface area contributed by atoms with Crippen molar-refractivity contribution in [2.75, 3.05) is 23.7 Å². The van der Waals surface area contributed by atoms with E-state index in [1.165, 1.54) is 40.9 Å². The van der Waals surface area contributed by atoms with E-state index in [4.69, 9.17) is 4.74 Å². The second-order valence-electron chi connectivity index (χ2n) is 10.4. The van der Waals surface area contributed by atoms with Crippen molar-refractivity contribution in [3.05, 3.63) is 84.2 Å². The standard InChI is InChI=1S/C32H38FN3O5S2/c1-4-41-28-15-13-27(14-16-28)36(43(39,40)30-19-17-29(42-3)18-20-30)22-31(37)35(21-24-9-11-25(33)12-10-24)23(2)32(38)34-26-7-5-6-8-26/h9-20,23,26H,4-8,21-22H2,1-3H3,(H,34,38)/t23-/m1/s1. The summed E-state index contributed by atoms with van der Waals surface area (Å²) in [7, 11) is -4.19. The molecule has 3 aromatic rings. The topological polar surface area (TPSA) is 96.0 Å². The number of sulfonamides is 1. The number of nitrogens with zero attached hydrogens (tertiary/aromatic N) is 2. The molecule has 4 rings (SSSR count). The minimum absolute atomic E-state index is 0.00203. The molecule has 1 aliphatic rings. The van der Waals surface area contributed by atoms with Crippen LogP contribution in [0.4, 0.5) is 10.1 Å². The van der Waals surface area contributed by atoms with Gasteiger partial charge in [0.05, 0.1) is 17.2 Å². The summed E-state index contributed by atoms with van der Waals surface area (Å²) in [6.07, 6.45) is 5.72. The van der Waals surface area contributed by atoms with E-state index in [1.54, 1.807) is 55.5 Å². The zero-order chi connectivity index (χ0) is 31.0. The zero-order valence-electron chi connectivity index (χ0n) is 24.7. The molecule has 230 valence electrons. The van der Waals surface area contributed by atoms with Crippen LogP contribution in [0.3, 0.4) is 0 Å². The highest BCUT2D eigenvalue weighted by Gasteiger charge is 2.33. The molecule has 3 aromatic carbocycles. The van der Waals surface area contributed by atoms with Gasteiger partial charge in [-0.15, -0.1) is 11.8 Å². The summed E-state index contributed by atoms with van der Waals surface area (Å²) in [5.74, 6) is -0.745. The molecule has 1 aliphatic carbocycles. The molecule has 0 unspecified atom stereocenters. The maximum atomic E-state index is 14.1. The lowest BCUT2D eigenvalue weighted by Crippen LogP contribution is -2.52. The Labute approximate surface area is 257 Å². The Morgan fingerprint density at radius 1 is 1.00 bits per heavy atom. The van der Waals surface area contributed by atoms with E-state index in [2.05, 4.69) is 5.32 Å². The highest BCUT2D eigenvalue weighted by molar-refractivity contribution is 7.98. The van der Waals surface area contributed by atoms with Gasteiger partial charge in [-0.1, -0.05) is 25.0 Å². The van der Waals surface area contributed by atoms with Crippen LogP contribution >= 0.6 is 11.8 Å². The predicted molar refractivity (Wildman–Crippen MR) is 167 cm³/mol. The number of hydrogen-bond donors (Lipinski definition) is 1. The molecule has 0 aromatic heterocycles. The summed E-state index contributed by atoms with van der Waals surface area (Å²) in [5, 5.41) is 3.04. The van der Waals surface area contributed by atoms with E-state index in [0.29, 0.717) is 17.9 Å². The number of anilines is 1. The highest BCUT2D eigenvalue weighted by atomic mass is 32.2. The summed E-state index contributed by atoms with van der Waals surface area (Å²) in [6, 6.07) is 17.8. The lowest BCUT2D eigenvalue weighted by atomic mass is 10.1. The van der Waals surface area contributed by atoms with E-state index in [-0.39, 0.29) is 29.1 Å². The van der Waals surface area contributed by atoms with Crippen LogP contribution in [0.2, 0.25) is 0 Å². The van der Waals surface area contributed by atoms with Crippen LogP contribution in [-0.2, 0) is 26.2 Å². The molecular formula is C32H38FN3O5S2. The normalized spacial score (nSPS) is 14.2. The molecule has 0 radical (unpaired) electrons. The number of carbonyl (C=O) groups is 2. The van der Waals surface area contributed by atoms with E-state index < -0.39 is 34.3 Å². The molecule has 0 heterocycles. The van der Waals surface area contributed by atoms with E-state index >= 15 is 0 Å². The molecule has 8 nitrogen and oxygen atoms in total. The van der Waals surface area contributed by atoms with Gasteiger partial charge in [-0.3, -0.25) is 13.9 Å². The van der Waals surface area contributed by atoms with Crippen molar-refractivity contribution in [1.82, 2.24) is 10.2 Å². The van der Waals surface area contributed by atoms with Crippen molar-refractivity contribution in [3.8, 4) is 5.75 Å². The van der Waals surface area contributed by atoms with Crippen molar-refractivity contribution in [2.24, 2.45) is 0 Å². The second-order valence-corrected chi connectivity index (χ2v) is 13.2. The molecule has 43 heavy (non-hydrogen) atoms. The molecule has 1 atom stereocenters. The van der Waals surface area contributed by atoms with Crippen LogP contribution < -0.4 is 14.4 Å². The molecule has 1 fully saturated rings. The molecule has 1 N–H and O–H groups in total. The van der Waals surface area contributed by atoms with Crippen LogP contribution in [0.25, 0.3) is 0 Å². The summed E-state index contributed by atoms with van der Waals surface area (Å²) in [5.41, 5.74) is 0.883. The van der Waals surface area contributed by atoms with Gasteiger partial charge < -0.3 is 15.0 Å². The Bertz CT molecular complexity index is 1480. The smallest absolute Gasteiger partial charge is 0.264 e. The third kappa shape index (κ3) is 8.29. The van der Waals surface area contributed by atoms with Gasteiger partial charge >= 0.3 is 0 Å². The van der Waals surface area contributed by atoms with Crippen LogP contribution in [0, 0.1) is 5.82 Å². The number of thioether (sulfide) groups is 1. The fraction of sp³-hybridized carbons (Fsp3) is 0.375. The molecule has 0 aliphatic heterocycles. The van der Waals surface area contributed by atoms with Gasteiger partial charge in [0.25, 0.3) is 10.0 Å². The van der Waals surface area contributed by atoms with Crippen molar-refractivity contribution in [2.45, 2.75) is 68.0 Å². The SMILES string of the molecule is CCOc1ccc(N(CC(=O)N(Cc2ccc(F)cc2)[C@H](C)C(=O)NC2CCCC2)S(=O)(=O)c2ccc(SC)cc2)cc1. The number of carbonyl (C=O) groups excluding carboxylic acids is 2. The van der Waals surface area contributed by atoms with Gasteiger partial charge in [0.1, 0.15) is 24.2 Å². The van der Waals surface area contributed by atoms with Gasteiger partial charge in [-0.05, 0) is 99.2 Å². The minimum Gasteiger partial charge on any atom is -0.494 e. The van der Waals surface area contributed by atoms with Crippen LogP contribution in [0.5, 0.6) is 5.75 Å². The van der Waals surface area contributed by atoms with E-state index in [1.807, 2.05) is 13.2 Å². The van der Waals surface area contributed by atoms with Crippen molar-refractivity contribution in [1.29, 1.82) is 0 Å². The summed E-state index contributed by atoms with van der Waals surface area (Å²) in [4.78, 5) is 29.7. The first-order valence-corrected chi connectivity index (χ1v) is 17.0. The van der Waals surface area contributed by atoms with Crippen molar-refractivity contribution in [3.63, 3.8) is 0 Å². The van der Waals surface area contributed by atoms with E-state index in [0.717, 1.165) is 34.9 Å². The average Bonchev–Trinajstić information content (AvgIpc) is 3.53. The van der Waals surface area contributed by atoms with Crippen LogP contribution in [0.1, 0.15) is 45.1 Å². The van der Waals surface area contributed by atoms with Gasteiger partial charge in [-0.25, -0.2) is 12.8 Å². The number of halogens is 1. The number of hydrogen-bond acceptors (Lipinski definition) is 6. The van der Waals surface area contributed by atoms with Crippen molar-refractivity contribution >= 4 is 39.3 Å². The highest BCUT2D eigenvalue weighted by Crippen LogP contribution is 2.28. The number of nitrogens with one attached hydrogen (secondary N) is 1. The summed E-state index contributed by atoms with van der Waals surface area (Å²) >= 11 is 1.49. The maximum absolute atomic E-state index is 14.1. The number of benzene rings is 3. The van der Waals surface area contributed by atoms with Gasteiger partial charge in [0.2, 0.25) is 11.8 Å². The Hall–Kier alpha value is -3.57. The first-order chi connectivity index (χ1) is 20.6. The largest absolute Gasteiger partial charge is 0.494 e. The number of ether oxygens (including phenoxy) is 1. The number of rotatable bonds is 13. The zero-order valence-corrected chi connectivity index (χ0v) is 26.3. The molecule has 0 spiro atoms. The third-order valence-corrected chi connectivity index (χ3v) is 10.0. The molecular weight excluding hydrogens is 590 g/mol. The molecule has 11 heteroatoms. The third-order valence-electron chi connectivity index (χ3n) is 7.50. The minimum atomic E-state index is -4.19. The van der Waals surface area contributed by atoms with Gasteiger partial charge in [-0.2, -0.15) is 0 Å². The molecule has 0 saturated heterocycles. The molecule has 1 saturated carbocycles. The Kier molecular flexibility index (Phi) is 11.1.